The van der Waals surface area contributed by atoms with Gasteiger partial charge in [0.05, 0.1) is 33.8 Å². The monoisotopic (exact) mass is 454 g/mol. The topological polar surface area (TPSA) is 119 Å². The smallest absolute Gasteiger partial charge is 0.329 e. The number of hydrogen-bond acceptors (Lipinski definition) is 6. The number of benzene rings is 2. The van der Waals surface area contributed by atoms with E-state index in [1.54, 1.807) is 48.1 Å². The third-order valence-electron chi connectivity index (χ3n) is 6.39. The standard InChI is InChI=1S/C25H22N6O3/c1-29-23-15-27-24(13-22(23)30(25(29)32)20-7-2-3-8-20)28-19-10-18(11-21(12-19)31(33)34)17-6-4-5-16(9-17)14-26/h4-6,9-13,15,20H,2-3,7-8H2,1H3,(H,27,28). The summed E-state index contributed by atoms with van der Waals surface area (Å²) in [6.07, 6.45) is 5.81. The molecule has 0 saturated heterocycles. The molecule has 1 saturated carbocycles. The lowest BCUT2D eigenvalue weighted by atomic mass is 10.0. The molecule has 1 N–H and O–H groups in total. The zero-order valence-corrected chi connectivity index (χ0v) is 18.6. The van der Waals surface area contributed by atoms with Crippen LogP contribution < -0.4 is 11.0 Å². The Morgan fingerprint density at radius 3 is 2.65 bits per heavy atom. The van der Waals surface area contributed by atoms with E-state index in [0.717, 1.165) is 36.7 Å². The Balaban J connectivity index is 1.57. The highest BCUT2D eigenvalue weighted by Crippen LogP contribution is 2.33. The molecule has 4 aromatic rings. The minimum atomic E-state index is -0.450. The van der Waals surface area contributed by atoms with Gasteiger partial charge in [0.15, 0.2) is 0 Å². The van der Waals surface area contributed by atoms with Gasteiger partial charge in [0.1, 0.15) is 5.82 Å². The van der Waals surface area contributed by atoms with Gasteiger partial charge < -0.3 is 5.32 Å². The second-order valence-electron chi connectivity index (χ2n) is 8.55. The van der Waals surface area contributed by atoms with Gasteiger partial charge in [-0.25, -0.2) is 9.78 Å². The van der Waals surface area contributed by atoms with E-state index in [1.807, 2.05) is 10.6 Å². The number of nitro groups is 1. The fourth-order valence-corrected chi connectivity index (χ4v) is 4.71. The summed E-state index contributed by atoms with van der Waals surface area (Å²) < 4.78 is 3.46. The molecule has 0 bridgehead atoms. The van der Waals surface area contributed by atoms with Crippen molar-refractivity contribution in [1.29, 1.82) is 5.26 Å². The van der Waals surface area contributed by atoms with Crippen LogP contribution >= 0.6 is 0 Å². The van der Waals surface area contributed by atoms with Gasteiger partial charge in [-0.3, -0.25) is 19.2 Å². The number of nitrogens with zero attached hydrogens (tertiary/aromatic N) is 5. The van der Waals surface area contributed by atoms with E-state index in [9.17, 15) is 20.2 Å². The van der Waals surface area contributed by atoms with Gasteiger partial charge in [0, 0.05) is 37.0 Å². The summed E-state index contributed by atoms with van der Waals surface area (Å²) in [5.41, 5.74) is 3.68. The number of rotatable bonds is 5. The fraction of sp³-hybridized carbons (Fsp3) is 0.240. The van der Waals surface area contributed by atoms with Crippen LogP contribution in [0.2, 0.25) is 0 Å². The maximum atomic E-state index is 12.9. The SMILES string of the molecule is Cn1c(=O)n(C2CCCC2)c2cc(Nc3cc(-c4cccc(C#N)c4)cc([N+](=O)[O-])c3)ncc21. The molecule has 170 valence electrons. The summed E-state index contributed by atoms with van der Waals surface area (Å²) >= 11 is 0. The molecular weight excluding hydrogens is 432 g/mol. The Labute approximate surface area is 195 Å². The molecule has 0 radical (unpaired) electrons. The lowest BCUT2D eigenvalue weighted by Gasteiger charge is -2.12. The van der Waals surface area contributed by atoms with E-state index in [1.165, 1.54) is 12.1 Å². The van der Waals surface area contributed by atoms with Gasteiger partial charge in [-0.2, -0.15) is 5.26 Å². The van der Waals surface area contributed by atoms with Gasteiger partial charge in [-0.05, 0) is 42.2 Å². The van der Waals surface area contributed by atoms with Crippen LogP contribution in [0.25, 0.3) is 22.2 Å². The van der Waals surface area contributed by atoms with Crippen LogP contribution in [0, 0.1) is 21.4 Å². The highest BCUT2D eigenvalue weighted by molar-refractivity contribution is 5.80. The third-order valence-corrected chi connectivity index (χ3v) is 6.39. The van der Waals surface area contributed by atoms with Crippen LogP contribution in [0.4, 0.5) is 17.2 Å². The highest BCUT2D eigenvalue weighted by Gasteiger charge is 2.23. The van der Waals surface area contributed by atoms with Gasteiger partial charge in [-0.1, -0.05) is 25.0 Å². The quantitative estimate of drug-likeness (QED) is 0.333. The van der Waals surface area contributed by atoms with Crippen LogP contribution in [0.1, 0.15) is 37.3 Å². The second kappa shape index (κ2) is 8.48. The van der Waals surface area contributed by atoms with E-state index in [2.05, 4.69) is 16.4 Å². The molecule has 9 nitrogen and oxygen atoms in total. The number of anilines is 2. The Kier molecular flexibility index (Phi) is 5.34. The minimum absolute atomic E-state index is 0.0594. The van der Waals surface area contributed by atoms with E-state index in [0.29, 0.717) is 28.2 Å². The molecule has 1 fully saturated rings. The number of nitriles is 1. The first-order valence-corrected chi connectivity index (χ1v) is 11.1. The first-order valence-electron chi connectivity index (χ1n) is 11.1. The maximum absolute atomic E-state index is 12.9. The molecule has 2 heterocycles. The van der Waals surface area contributed by atoms with Crippen LogP contribution in [-0.4, -0.2) is 19.0 Å². The van der Waals surface area contributed by atoms with Crippen LogP contribution in [-0.2, 0) is 7.05 Å². The summed E-state index contributed by atoms with van der Waals surface area (Å²) in [5, 5.41) is 24.0. The molecule has 0 atom stereocenters. The lowest BCUT2D eigenvalue weighted by Crippen LogP contribution is -2.24. The van der Waals surface area contributed by atoms with Crippen LogP contribution in [0.3, 0.4) is 0 Å². The van der Waals surface area contributed by atoms with Crippen molar-refractivity contribution < 1.29 is 4.92 Å². The Morgan fingerprint density at radius 2 is 1.91 bits per heavy atom. The molecule has 9 heteroatoms. The van der Waals surface area contributed by atoms with E-state index in [4.69, 9.17) is 0 Å². The summed E-state index contributed by atoms with van der Waals surface area (Å²) in [7, 11) is 1.74. The molecule has 0 aliphatic heterocycles. The van der Waals surface area contributed by atoms with Crippen molar-refractivity contribution in [3.8, 4) is 17.2 Å². The van der Waals surface area contributed by atoms with Crippen molar-refractivity contribution in [2.24, 2.45) is 7.05 Å². The zero-order valence-electron chi connectivity index (χ0n) is 18.6. The number of hydrogen-bond donors (Lipinski definition) is 1. The number of fused-ring (bicyclic) bond motifs is 1. The summed E-state index contributed by atoms with van der Waals surface area (Å²) in [6.45, 7) is 0. The Hall–Kier alpha value is -4.45. The summed E-state index contributed by atoms with van der Waals surface area (Å²) in [4.78, 5) is 28.5. The molecule has 1 aliphatic rings. The molecule has 1 aliphatic carbocycles. The van der Waals surface area contributed by atoms with Gasteiger partial charge in [0.2, 0.25) is 0 Å². The maximum Gasteiger partial charge on any atom is 0.329 e. The number of non-ortho nitro benzene ring substituents is 1. The van der Waals surface area contributed by atoms with Crippen molar-refractivity contribution in [3.05, 3.63) is 80.9 Å². The molecule has 0 unspecified atom stereocenters. The average Bonchev–Trinajstić information content (AvgIpc) is 3.45. The van der Waals surface area contributed by atoms with Crippen molar-refractivity contribution in [3.63, 3.8) is 0 Å². The molecule has 2 aromatic heterocycles. The normalized spacial score (nSPS) is 13.8. The minimum Gasteiger partial charge on any atom is -0.340 e. The largest absolute Gasteiger partial charge is 0.340 e. The summed E-state index contributed by atoms with van der Waals surface area (Å²) in [6, 6.07) is 15.7. The van der Waals surface area contributed by atoms with Crippen LogP contribution in [0.15, 0.2) is 59.5 Å². The van der Waals surface area contributed by atoms with Crippen molar-refractivity contribution in [1.82, 2.24) is 14.1 Å². The fourth-order valence-electron chi connectivity index (χ4n) is 4.71. The van der Waals surface area contributed by atoms with E-state index < -0.39 is 4.92 Å². The number of nitrogens with one attached hydrogen (secondary N) is 1. The van der Waals surface area contributed by atoms with Gasteiger partial charge in [0.25, 0.3) is 5.69 Å². The predicted molar refractivity (Wildman–Crippen MR) is 129 cm³/mol. The Morgan fingerprint density at radius 1 is 1.12 bits per heavy atom. The van der Waals surface area contributed by atoms with Crippen molar-refractivity contribution >= 4 is 28.2 Å². The zero-order chi connectivity index (χ0) is 23.8. The number of aryl methyl sites for hydroxylation is 1. The number of nitro benzene ring substituents is 1. The predicted octanol–water partition coefficient (Wildman–Crippen LogP) is 5.04. The Bertz CT molecular complexity index is 1520. The molecule has 34 heavy (non-hydrogen) atoms. The first-order chi connectivity index (χ1) is 16.4. The van der Waals surface area contributed by atoms with Gasteiger partial charge >= 0.3 is 5.69 Å². The third kappa shape index (κ3) is 3.79. The molecule has 0 amide bonds. The van der Waals surface area contributed by atoms with E-state index in [-0.39, 0.29) is 17.4 Å². The number of aromatic nitrogens is 3. The second-order valence-corrected chi connectivity index (χ2v) is 8.55. The van der Waals surface area contributed by atoms with E-state index >= 15 is 0 Å². The summed E-state index contributed by atoms with van der Waals surface area (Å²) in [5.74, 6) is 0.488. The van der Waals surface area contributed by atoms with Crippen molar-refractivity contribution in [2.45, 2.75) is 31.7 Å². The molecule has 2 aromatic carbocycles. The number of imidazole rings is 1. The average molecular weight is 454 g/mol. The van der Waals surface area contributed by atoms with Crippen molar-refractivity contribution in [2.75, 3.05) is 5.32 Å². The lowest BCUT2D eigenvalue weighted by molar-refractivity contribution is -0.384. The van der Waals surface area contributed by atoms with Crippen LogP contribution in [0.5, 0.6) is 0 Å². The molecular formula is C25H22N6O3. The molecule has 0 spiro atoms. The first kappa shape index (κ1) is 21.4. The highest BCUT2D eigenvalue weighted by atomic mass is 16.6. The molecule has 5 rings (SSSR count). The van der Waals surface area contributed by atoms with Gasteiger partial charge in [-0.15, -0.1) is 0 Å². The number of pyridine rings is 1.